The van der Waals surface area contributed by atoms with Gasteiger partial charge in [-0.2, -0.15) is 0 Å². The number of thiophene rings is 1. The minimum absolute atomic E-state index is 0.0517. The second-order valence-corrected chi connectivity index (χ2v) is 6.09. The molecule has 0 aliphatic heterocycles. The summed E-state index contributed by atoms with van der Waals surface area (Å²) in [7, 11) is 0. The maximum atomic E-state index is 12.2. The zero-order valence-corrected chi connectivity index (χ0v) is 12.9. The molecule has 0 unspecified atom stereocenters. The van der Waals surface area contributed by atoms with E-state index in [1.807, 2.05) is 43.3 Å². The molecule has 0 aliphatic carbocycles. The van der Waals surface area contributed by atoms with Crippen LogP contribution in [-0.2, 0) is 6.42 Å². The highest BCUT2D eigenvalue weighted by molar-refractivity contribution is 7.16. The van der Waals surface area contributed by atoms with Gasteiger partial charge < -0.3 is 10.6 Å². The molecule has 1 aromatic carbocycles. The van der Waals surface area contributed by atoms with Gasteiger partial charge in [0.25, 0.3) is 5.91 Å². The maximum absolute atomic E-state index is 12.2. The molecule has 2 N–H and O–H groups in total. The fraction of sp³-hybridized carbons (Fsp3) is 0.267. The molecular weight excluding hydrogens is 292 g/mol. The molecule has 0 bridgehead atoms. The van der Waals surface area contributed by atoms with Crippen LogP contribution >= 0.6 is 22.9 Å². The van der Waals surface area contributed by atoms with Gasteiger partial charge in [0, 0.05) is 23.7 Å². The van der Waals surface area contributed by atoms with Gasteiger partial charge in [0.15, 0.2) is 0 Å². The summed E-state index contributed by atoms with van der Waals surface area (Å²) in [5.74, 6) is -0.0517. The summed E-state index contributed by atoms with van der Waals surface area (Å²) in [5.41, 5.74) is 1.55. The zero-order valence-electron chi connectivity index (χ0n) is 11.3. The van der Waals surface area contributed by atoms with Crippen molar-refractivity contribution in [2.45, 2.75) is 13.3 Å². The first-order valence-electron chi connectivity index (χ1n) is 6.56. The first-order valence-corrected chi connectivity index (χ1v) is 7.75. The van der Waals surface area contributed by atoms with Crippen molar-refractivity contribution < 1.29 is 4.79 Å². The Morgan fingerprint density at radius 3 is 2.75 bits per heavy atom. The van der Waals surface area contributed by atoms with Crippen LogP contribution in [0.2, 0.25) is 4.34 Å². The monoisotopic (exact) mass is 308 g/mol. The van der Waals surface area contributed by atoms with E-state index in [-0.39, 0.29) is 5.91 Å². The van der Waals surface area contributed by atoms with Crippen LogP contribution in [0.4, 0.5) is 5.69 Å². The summed E-state index contributed by atoms with van der Waals surface area (Å²) in [6.07, 6.45) is 0.798. The third-order valence-corrected chi connectivity index (χ3v) is 4.12. The van der Waals surface area contributed by atoms with E-state index in [9.17, 15) is 4.79 Å². The highest BCUT2D eigenvalue weighted by atomic mass is 35.5. The Morgan fingerprint density at radius 1 is 1.25 bits per heavy atom. The highest BCUT2D eigenvalue weighted by Gasteiger charge is 2.09. The number of hydrogen-bond acceptors (Lipinski definition) is 3. The van der Waals surface area contributed by atoms with Crippen LogP contribution in [0.1, 0.15) is 22.2 Å². The topological polar surface area (TPSA) is 41.1 Å². The second kappa shape index (κ2) is 7.31. The maximum Gasteiger partial charge on any atom is 0.253 e. The quantitative estimate of drug-likeness (QED) is 0.852. The van der Waals surface area contributed by atoms with E-state index < -0.39 is 0 Å². The molecule has 0 saturated carbocycles. The number of benzene rings is 1. The standard InChI is InChI=1S/C15H17ClN2OS/c1-2-17-13-6-4-3-5-12(13)15(19)18-10-9-11-7-8-14(16)20-11/h3-8,17H,2,9-10H2,1H3,(H,18,19). The molecule has 20 heavy (non-hydrogen) atoms. The number of anilines is 1. The molecule has 1 amide bonds. The van der Waals surface area contributed by atoms with Crippen molar-refractivity contribution in [3.05, 3.63) is 51.2 Å². The van der Waals surface area contributed by atoms with Crippen molar-refractivity contribution in [2.24, 2.45) is 0 Å². The summed E-state index contributed by atoms with van der Waals surface area (Å²) in [5, 5.41) is 6.13. The van der Waals surface area contributed by atoms with Crippen LogP contribution in [-0.4, -0.2) is 19.0 Å². The summed E-state index contributed by atoms with van der Waals surface area (Å²) in [6.45, 7) is 3.41. The molecule has 2 rings (SSSR count). The third kappa shape index (κ3) is 3.99. The molecule has 0 fully saturated rings. The fourth-order valence-electron chi connectivity index (χ4n) is 1.91. The van der Waals surface area contributed by atoms with Crippen LogP contribution in [0.3, 0.4) is 0 Å². The van der Waals surface area contributed by atoms with E-state index in [1.165, 1.54) is 4.88 Å². The fourth-order valence-corrected chi connectivity index (χ4v) is 2.99. The Morgan fingerprint density at radius 2 is 2.05 bits per heavy atom. The summed E-state index contributed by atoms with van der Waals surface area (Å²) in [6, 6.07) is 11.4. The zero-order chi connectivity index (χ0) is 14.4. The molecule has 0 saturated heterocycles. The van der Waals surface area contributed by atoms with Crippen molar-refractivity contribution in [3.63, 3.8) is 0 Å². The smallest absolute Gasteiger partial charge is 0.253 e. The van der Waals surface area contributed by atoms with Gasteiger partial charge in [0.05, 0.1) is 9.90 Å². The molecular formula is C15H17ClN2OS. The van der Waals surface area contributed by atoms with Crippen LogP contribution in [0, 0.1) is 0 Å². The first-order chi connectivity index (χ1) is 9.70. The van der Waals surface area contributed by atoms with E-state index in [1.54, 1.807) is 11.3 Å². The lowest BCUT2D eigenvalue weighted by Gasteiger charge is -2.10. The minimum atomic E-state index is -0.0517. The second-order valence-electron chi connectivity index (χ2n) is 4.29. The van der Waals surface area contributed by atoms with Gasteiger partial charge in [-0.3, -0.25) is 4.79 Å². The number of carbonyl (C=O) groups is 1. The number of amides is 1. The van der Waals surface area contributed by atoms with Gasteiger partial charge >= 0.3 is 0 Å². The van der Waals surface area contributed by atoms with Gasteiger partial charge in [-0.15, -0.1) is 11.3 Å². The molecule has 0 aliphatic rings. The highest BCUT2D eigenvalue weighted by Crippen LogP contribution is 2.21. The Balaban J connectivity index is 1.91. The number of nitrogens with one attached hydrogen (secondary N) is 2. The predicted molar refractivity (Wildman–Crippen MR) is 86.0 cm³/mol. The molecule has 106 valence electrons. The van der Waals surface area contributed by atoms with Gasteiger partial charge in [-0.1, -0.05) is 23.7 Å². The SMILES string of the molecule is CCNc1ccccc1C(=O)NCCc1ccc(Cl)s1. The Hall–Kier alpha value is -1.52. The lowest BCUT2D eigenvalue weighted by atomic mass is 10.1. The van der Waals surface area contributed by atoms with Crippen LogP contribution in [0.25, 0.3) is 0 Å². The van der Waals surface area contributed by atoms with Gasteiger partial charge in [0.1, 0.15) is 0 Å². The normalized spacial score (nSPS) is 10.3. The number of para-hydroxylation sites is 1. The van der Waals surface area contributed by atoms with Gasteiger partial charge in [0.2, 0.25) is 0 Å². The number of rotatable bonds is 6. The minimum Gasteiger partial charge on any atom is -0.385 e. The number of hydrogen-bond donors (Lipinski definition) is 2. The molecule has 1 heterocycles. The average molecular weight is 309 g/mol. The molecule has 3 nitrogen and oxygen atoms in total. The van der Waals surface area contributed by atoms with Crippen LogP contribution < -0.4 is 10.6 Å². The lowest BCUT2D eigenvalue weighted by molar-refractivity contribution is 0.0955. The van der Waals surface area contributed by atoms with Crippen LogP contribution in [0.15, 0.2) is 36.4 Å². The van der Waals surface area contributed by atoms with E-state index in [0.717, 1.165) is 23.0 Å². The van der Waals surface area contributed by atoms with E-state index in [2.05, 4.69) is 10.6 Å². The Kier molecular flexibility index (Phi) is 5.44. The predicted octanol–water partition coefficient (Wildman–Crippen LogP) is 3.81. The van der Waals surface area contributed by atoms with E-state index >= 15 is 0 Å². The summed E-state index contributed by atoms with van der Waals surface area (Å²) < 4.78 is 0.781. The number of halogens is 1. The van der Waals surface area contributed by atoms with Crippen molar-refractivity contribution >= 4 is 34.5 Å². The first kappa shape index (κ1) is 14.9. The molecule has 2 aromatic rings. The van der Waals surface area contributed by atoms with Gasteiger partial charge in [-0.25, -0.2) is 0 Å². The van der Waals surface area contributed by atoms with E-state index in [4.69, 9.17) is 11.6 Å². The van der Waals surface area contributed by atoms with Crippen LogP contribution in [0.5, 0.6) is 0 Å². The molecule has 1 aromatic heterocycles. The van der Waals surface area contributed by atoms with Crippen molar-refractivity contribution in [1.29, 1.82) is 0 Å². The molecule has 0 atom stereocenters. The molecule has 0 spiro atoms. The Bertz CT molecular complexity index is 583. The largest absolute Gasteiger partial charge is 0.385 e. The molecule has 0 radical (unpaired) electrons. The van der Waals surface area contributed by atoms with Gasteiger partial charge in [-0.05, 0) is 37.6 Å². The van der Waals surface area contributed by atoms with E-state index in [0.29, 0.717) is 12.1 Å². The molecule has 5 heteroatoms. The number of carbonyl (C=O) groups excluding carboxylic acids is 1. The summed E-state index contributed by atoms with van der Waals surface area (Å²) in [4.78, 5) is 13.3. The van der Waals surface area contributed by atoms with Crippen molar-refractivity contribution in [1.82, 2.24) is 5.32 Å². The average Bonchev–Trinajstić information content (AvgIpc) is 2.85. The summed E-state index contributed by atoms with van der Waals surface area (Å²) >= 11 is 7.42. The third-order valence-electron chi connectivity index (χ3n) is 2.82. The Labute approximate surface area is 128 Å². The van der Waals surface area contributed by atoms with Crippen molar-refractivity contribution in [2.75, 3.05) is 18.4 Å². The lowest BCUT2D eigenvalue weighted by Crippen LogP contribution is -2.26. The van der Waals surface area contributed by atoms with Crippen molar-refractivity contribution in [3.8, 4) is 0 Å².